The molecule has 0 spiro atoms. The minimum Gasteiger partial charge on any atom is -0.377 e. The highest BCUT2D eigenvalue weighted by Gasteiger charge is 2.19. The van der Waals surface area contributed by atoms with E-state index in [1.807, 2.05) is 25.1 Å². The fourth-order valence-electron chi connectivity index (χ4n) is 2.33. The number of hydrogen-bond acceptors (Lipinski definition) is 2. The van der Waals surface area contributed by atoms with E-state index in [0.717, 1.165) is 24.2 Å². The highest BCUT2D eigenvalue weighted by Crippen LogP contribution is 2.30. The van der Waals surface area contributed by atoms with E-state index in [1.165, 1.54) is 18.9 Å². The van der Waals surface area contributed by atoms with Crippen molar-refractivity contribution in [2.45, 2.75) is 25.3 Å². The number of hydrogen-bond donors (Lipinski definition) is 1. The zero-order valence-corrected chi connectivity index (χ0v) is 9.96. The highest BCUT2D eigenvalue weighted by molar-refractivity contribution is 5.54. The van der Waals surface area contributed by atoms with Gasteiger partial charge in [-0.05, 0) is 43.1 Å². The van der Waals surface area contributed by atoms with E-state index in [2.05, 4.69) is 5.32 Å². The van der Waals surface area contributed by atoms with Gasteiger partial charge < -0.3 is 10.2 Å². The molecule has 2 rings (SSSR count). The molecule has 1 aromatic rings. The molecule has 1 fully saturated rings. The van der Waals surface area contributed by atoms with Gasteiger partial charge in [-0.15, -0.1) is 0 Å². The Morgan fingerprint density at radius 3 is 2.75 bits per heavy atom. The maximum atomic E-state index is 13.3. The van der Waals surface area contributed by atoms with Crippen LogP contribution in [-0.4, -0.2) is 20.6 Å². The Hall–Kier alpha value is -1.09. The average Bonchev–Trinajstić information content (AvgIpc) is 2.29. The van der Waals surface area contributed by atoms with Crippen molar-refractivity contribution in [2.75, 3.05) is 25.5 Å². The first-order valence-corrected chi connectivity index (χ1v) is 5.88. The number of piperidine rings is 1. The van der Waals surface area contributed by atoms with Gasteiger partial charge in [0.15, 0.2) is 0 Å². The van der Waals surface area contributed by atoms with E-state index in [1.54, 1.807) is 6.07 Å². The van der Waals surface area contributed by atoms with Crippen LogP contribution in [0, 0.1) is 5.82 Å². The smallest absolute Gasteiger partial charge is 0.123 e. The highest BCUT2D eigenvalue weighted by atomic mass is 19.1. The van der Waals surface area contributed by atoms with Crippen LogP contribution in [0.25, 0.3) is 0 Å². The molecule has 1 N–H and O–H groups in total. The summed E-state index contributed by atoms with van der Waals surface area (Å²) in [6.45, 7) is 1.04. The molecular weight excluding hydrogens is 203 g/mol. The lowest BCUT2D eigenvalue weighted by atomic mass is 9.95. The molecule has 0 bridgehead atoms. The van der Waals surface area contributed by atoms with Crippen LogP contribution in [-0.2, 0) is 0 Å². The predicted octanol–water partition coefficient (Wildman–Crippen LogP) is 2.71. The first-order chi connectivity index (χ1) is 7.68. The van der Waals surface area contributed by atoms with E-state index >= 15 is 0 Å². The van der Waals surface area contributed by atoms with E-state index in [4.69, 9.17) is 0 Å². The first-order valence-electron chi connectivity index (χ1n) is 5.88. The molecule has 3 heteroatoms. The quantitative estimate of drug-likeness (QED) is 0.827. The molecule has 1 aromatic carbocycles. The third-order valence-corrected chi connectivity index (χ3v) is 3.16. The van der Waals surface area contributed by atoms with Crippen molar-refractivity contribution in [1.82, 2.24) is 5.32 Å². The molecule has 0 aromatic heterocycles. The molecule has 88 valence electrons. The molecule has 2 nitrogen and oxygen atoms in total. The normalized spacial score (nSPS) is 20.8. The van der Waals surface area contributed by atoms with Gasteiger partial charge in [-0.3, -0.25) is 0 Å². The summed E-state index contributed by atoms with van der Waals surface area (Å²) < 4.78 is 13.3. The zero-order chi connectivity index (χ0) is 11.5. The molecular formula is C13H19FN2. The van der Waals surface area contributed by atoms with Gasteiger partial charge in [0.1, 0.15) is 5.82 Å². The molecule has 0 amide bonds. The van der Waals surface area contributed by atoms with Crippen LogP contribution in [0.4, 0.5) is 10.1 Å². The number of nitrogens with zero attached hydrogens (tertiary/aromatic N) is 1. The summed E-state index contributed by atoms with van der Waals surface area (Å²) >= 11 is 0. The van der Waals surface area contributed by atoms with Crippen LogP contribution in [0.5, 0.6) is 0 Å². The van der Waals surface area contributed by atoms with Gasteiger partial charge in [-0.25, -0.2) is 4.39 Å². The Labute approximate surface area is 96.5 Å². The Balaban J connectivity index is 2.32. The summed E-state index contributed by atoms with van der Waals surface area (Å²) in [6.07, 6.45) is 3.55. The van der Waals surface area contributed by atoms with Crippen LogP contribution in [0.1, 0.15) is 30.9 Å². The molecule has 1 aliphatic heterocycles. The van der Waals surface area contributed by atoms with Gasteiger partial charge in [0.05, 0.1) is 0 Å². The van der Waals surface area contributed by atoms with Crippen molar-refractivity contribution < 1.29 is 4.39 Å². The van der Waals surface area contributed by atoms with Crippen LogP contribution in [0.15, 0.2) is 18.2 Å². The van der Waals surface area contributed by atoms with Gasteiger partial charge in [0.2, 0.25) is 0 Å². The summed E-state index contributed by atoms with van der Waals surface area (Å²) in [4.78, 5) is 2.05. The summed E-state index contributed by atoms with van der Waals surface area (Å²) in [6, 6.07) is 5.36. The lowest BCUT2D eigenvalue weighted by Gasteiger charge is -2.28. The number of halogens is 1. The molecule has 1 unspecified atom stereocenters. The first kappa shape index (κ1) is 11.4. The molecule has 1 atom stereocenters. The third-order valence-electron chi connectivity index (χ3n) is 3.16. The lowest BCUT2D eigenvalue weighted by Crippen LogP contribution is -2.28. The van der Waals surface area contributed by atoms with Gasteiger partial charge in [-0.1, -0.05) is 6.42 Å². The number of benzene rings is 1. The van der Waals surface area contributed by atoms with E-state index in [-0.39, 0.29) is 5.82 Å². The van der Waals surface area contributed by atoms with Crippen LogP contribution < -0.4 is 10.2 Å². The Morgan fingerprint density at radius 2 is 2.12 bits per heavy atom. The summed E-state index contributed by atoms with van der Waals surface area (Å²) in [7, 11) is 4.00. The maximum absolute atomic E-state index is 13.3. The van der Waals surface area contributed by atoms with Gasteiger partial charge in [0.25, 0.3) is 0 Å². The minimum atomic E-state index is -0.145. The zero-order valence-electron chi connectivity index (χ0n) is 9.96. The summed E-state index contributed by atoms with van der Waals surface area (Å²) in [5.41, 5.74) is 2.20. The molecule has 1 heterocycles. The molecule has 1 aliphatic rings. The molecule has 1 saturated heterocycles. The Bertz CT molecular complexity index is 357. The van der Waals surface area contributed by atoms with Crippen molar-refractivity contribution >= 4 is 5.69 Å². The number of nitrogens with one attached hydrogen (secondary N) is 1. The van der Waals surface area contributed by atoms with Crippen LogP contribution >= 0.6 is 0 Å². The van der Waals surface area contributed by atoms with Gasteiger partial charge in [0, 0.05) is 25.8 Å². The summed E-state index contributed by atoms with van der Waals surface area (Å²) in [5, 5.41) is 3.46. The topological polar surface area (TPSA) is 15.3 Å². The standard InChI is InChI=1S/C13H19FN2/c1-16(2)13-7-6-10(14)9-11(13)12-5-3-4-8-15-12/h6-7,9,12,15H,3-5,8H2,1-2H3. The number of anilines is 1. The SMILES string of the molecule is CN(C)c1ccc(F)cc1C1CCCCN1. The predicted molar refractivity (Wildman–Crippen MR) is 65.3 cm³/mol. The Kier molecular flexibility index (Phi) is 3.44. The van der Waals surface area contributed by atoms with Crippen LogP contribution in [0.3, 0.4) is 0 Å². The maximum Gasteiger partial charge on any atom is 0.123 e. The summed E-state index contributed by atoms with van der Waals surface area (Å²) in [5.74, 6) is -0.145. The molecule has 0 aliphatic carbocycles. The second-order valence-electron chi connectivity index (χ2n) is 4.60. The van der Waals surface area contributed by atoms with Crippen molar-refractivity contribution in [3.63, 3.8) is 0 Å². The van der Waals surface area contributed by atoms with Gasteiger partial charge >= 0.3 is 0 Å². The second kappa shape index (κ2) is 4.83. The second-order valence-corrected chi connectivity index (χ2v) is 4.60. The lowest BCUT2D eigenvalue weighted by molar-refractivity contribution is 0.411. The van der Waals surface area contributed by atoms with Crippen molar-refractivity contribution in [2.24, 2.45) is 0 Å². The molecule has 0 saturated carbocycles. The van der Waals surface area contributed by atoms with Crippen molar-refractivity contribution in [3.8, 4) is 0 Å². The fourth-order valence-corrected chi connectivity index (χ4v) is 2.33. The van der Waals surface area contributed by atoms with Crippen molar-refractivity contribution in [3.05, 3.63) is 29.6 Å². The largest absolute Gasteiger partial charge is 0.377 e. The number of rotatable bonds is 2. The van der Waals surface area contributed by atoms with Crippen LogP contribution in [0.2, 0.25) is 0 Å². The fraction of sp³-hybridized carbons (Fsp3) is 0.538. The average molecular weight is 222 g/mol. The monoisotopic (exact) mass is 222 g/mol. The van der Waals surface area contributed by atoms with E-state index in [0.29, 0.717) is 6.04 Å². The van der Waals surface area contributed by atoms with E-state index in [9.17, 15) is 4.39 Å². The minimum absolute atomic E-state index is 0.145. The molecule has 16 heavy (non-hydrogen) atoms. The van der Waals surface area contributed by atoms with Gasteiger partial charge in [-0.2, -0.15) is 0 Å². The van der Waals surface area contributed by atoms with E-state index < -0.39 is 0 Å². The Morgan fingerprint density at radius 1 is 1.31 bits per heavy atom. The van der Waals surface area contributed by atoms with Crippen molar-refractivity contribution in [1.29, 1.82) is 0 Å². The third kappa shape index (κ3) is 2.35. The molecule has 0 radical (unpaired) electrons.